The van der Waals surface area contributed by atoms with Crippen LogP contribution in [-0.4, -0.2) is 4.98 Å². The van der Waals surface area contributed by atoms with E-state index < -0.39 is 0 Å². The maximum atomic E-state index is 6.44. The Balaban J connectivity index is 1.88. The van der Waals surface area contributed by atoms with Crippen LogP contribution in [0.2, 0.25) is 0 Å². The highest BCUT2D eigenvalue weighted by atomic mass is 14.7. The molecule has 1 atom stereocenters. The summed E-state index contributed by atoms with van der Waals surface area (Å²) in [6, 6.07) is 19.0. The van der Waals surface area contributed by atoms with Crippen LogP contribution in [0.3, 0.4) is 0 Å². The van der Waals surface area contributed by atoms with Crippen molar-refractivity contribution in [3.63, 3.8) is 0 Å². The van der Waals surface area contributed by atoms with Gasteiger partial charge >= 0.3 is 0 Å². The molecule has 2 N–H and O–H groups in total. The Kier molecular flexibility index (Phi) is 3.98. The summed E-state index contributed by atoms with van der Waals surface area (Å²) in [6.07, 6.45) is 3.74. The van der Waals surface area contributed by atoms with Gasteiger partial charge in [-0.2, -0.15) is 0 Å². The second-order valence-corrected chi connectivity index (χ2v) is 5.40. The van der Waals surface area contributed by atoms with Crippen LogP contribution in [-0.2, 0) is 12.8 Å². The molecule has 1 aromatic heterocycles. The molecule has 2 nitrogen and oxygen atoms in total. The number of nitrogens with zero attached hydrogens (tertiary/aromatic N) is 1. The van der Waals surface area contributed by atoms with Gasteiger partial charge in [0.25, 0.3) is 0 Å². The third-order valence-electron chi connectivity index (χ3n) is 3.97. The molecule has 21 heavy (non-hydrogen) atoms. The van der Waals surface area contributed by atoms with Gasteiger partial charge in [-0.15, -0.1) is 0 Å². The Bertz CT molecular complexity index is 727. The smallest absolute Gasteiger partial charge is 0.0705 e. The van der Waals surface area contributed by atoms with E-state index in [0.717, 1.165) is 23.7 Å². The van der Waals surface area contributed by atoms with Crippen molar-refractivity contribution in [2.75, 3.05) is 0 Å². The predicted octanol–water partition coefficient (Wildman–Crippen LogP) is 4.04. The quantitative estimate of drug-likeness (QED) is 0.781. The number of benzene rings is 2. The highest BCUT2D eigenvalue weighted by molar-refractivity contribution is 5.82. The van der Waals surface area contributed by atoms with Crippen LogP contribution in [0.1, 0.15) is 29.7 Å². The van der Waals surface area contributed by atoms with Crippen molar-refractivity contribution in [3.05, 3.63) is 77.5 Å². The number of pyridine rings is 1. The van der Waals surface area contributed by atoms with Crippen LogP contribution < -0.4 is 5.73 Å². The zero-order valence-corrected chi connectivity index (χ0v) is 12.3. The first-order valence-electron chi connectivity index (χ1n) is 7.45. The Morgan fingerprint density at radius 3 is 2.48 bits per heavy atom. The van der Waals surface area contributed by atoms with Gasteiger partial charge in [-0.3, -0.25) is 4.98 Å². The standard InChI is InChI=1S/C19H20N2/c1-2-14-8-10-15(11-9-14)13-18(20)16-5-3-7-19-17(16)6-4-12-21-19/h3-12,18H,2,13,20H2,1H3. The first kappa shape index (κ1) is 13.8. The number of fused-ring (bicyclic) bond motifs is 1. The van der Waals surface area contributed by atoms with Crippen molar-refractivity contribution in [1.82, 2.24) is 4.98 Å². The largest absolute Gasteiger partial charge is 0.324 e. The molecule has 0 aliphatic rings. The lowest BCUT2D eigenvalue weighted by Crippen LogP contribution is -2.13. The van der Waals surface area contributed by atoms with Gasteiger partial charge in [-0.05, 0) is 41.7 Å². The molecule has 0 radical (unpaired) electrons. The van der Waals surface area contributed by atoms with Crippen LogP contribution in [0, 0.1) is 0 Å². The summed E-state index contributed by atoms with van der Waals surface area (Å²) in [4.78, 5) is 4.40. The molecule has 106 valence electrons. The Morgan fingerprint density at radius 2 is 1.71 bits per heavy atom. The number of rotatable bonds is 4. The molecule has 0 spiro atoms. The van der Waals surface area contributed by atoms with Gasteiger partial charge in [0.05, 0.1) is 5.52 Å². The van der Waals surface area contributed by atoms with E-state index in [-0.39, 0.29) is 6.04 Å². The molecule has 0 bridgehead atoms. The fourth-order valence-corrected chi connectivity index (χ4v) is 2.73. The van der Waals surface area contributed by atoms with E-state index >= 15 is 0 Å². The molecule has 0 amide bonds. The van der Waals surface area contributed by atoms with Crippen molar-refractivity contribution in [1.29, 1.82) is 0 Å². The summed E-state index contributed by atoms with van der Waals surface area (Å²) in [5.41, 5.74) is 11.2. The second-order valence-electron chi connectivity index (χ2n) is 5.40. The van der Waals surface area contributed by atoms with Gasteiger partial charge in [0.15, 0.2) is 0 Å². The normalized spacial score (nSPS) is 12.5. The molecular formula is C19H20N2. The van der Waals surface area contributed by atoms with Crippen LogP contribution in [0.25, 0.3) is 10.9 Å². The number of aromatic nitrogens is 1. The summed E-state index contributed by atoms with van der Waals surface area (Å²) in [6.45, 7) is 2.17. The summed E-state index contributed by atoms with van der Waals surface area (Å²) in [5.74, 6) is 0. The number of hydrogen-bond donors (Lipinski definition) is 1. The third kappa shape index (κ3) is 2.96. The Labute approximate surface area is 125 Å². The molecule has 2 heteroatoms. The van der Waals surface area contributed by atoms with Gasteiger partial charge in [0.2, 0.25) is 0 Å². The average molecular weight is 276 g/mol. The van der Waals surface area contributed by atoms with Gasteiger partial charge in [0.1, 0.15) is 0 Å². The lowest BCUT2D eigenvalue weighted by atomic mass is 9.95. The van der Waals surface area contributed by atoms with E-state index in [1.54, 1.807) is 0 Å². The Morgan fingerprint density at radius 1 is 0.952 bits per heavy atom. The monoisotopic (exact) mass is 276 g/mol. The predicted molar refractivity (Wildman–Crippen MR) is 88.2 cm³/mol. The number of hydrogen-bond acceptors (Lipinski definition) is 2. The lowest BCUT2D eigenvalue weighted by molar-refractivity contribution is 0.727. The molecule has 0 aliphatic heterocycles. The number of nitrogens with two attached hydrogens (primary N) is 1. The van der Waals surface area contributed by atoms with E-state index in [0.29, 0.717) is 0 Å². The van der Waals surface area contributed by atoms with Crippen LogP contribution in [0.5, 0.6) is 0 Å². The highest BCUT2D eigenvalue weighted by Gasteiger charge is 2.10. The zero-order valence-electron chi connectivity index (χ0n) is 12.3. The van der Waals surface area contributed by atoms with E-state index in [9.17, 15) is 0 Å². The van der Waals surface area contributed by atoms with Crippen molar-refractivity contribution in [3.8, 4) is 0 Å². The van der Waals surface area contributed by atoms with Crippen molar-refractivity contribution in [2.24, 2.45) is 5.73 Å². The molecule has 3 aromatic rings. The maximum Gasteiger partial charge on any atom is 0.0705 e. The Hall–Kier alpha value is -2.19. The van der Waals surface area contributed by atoms with E-state index in [2.05, 4.69) is 48.3 Å². The highest BCUT2D eigenvalue weighted by Crippen LogP contribution is 2.24. The minimum atomic E-state index is -0.00891. The van der Waals surface area contributed by atoms with E-state index in [4.69, 9.17) is 5.73 Å². The SMILES string of the molecule is CCc1ccc(CC(N)c2cccc3ncccc23)cc1. The van der Waals surface area contributed by atoms with Crippen molar-refractivity contribution >= 4 is 10.9 Å². The molecule has 0 aliphatic carbocycles. The molecule has 0 saturated heterocycles. The maximum absolute atomic E-state index is 6.44. The third-order valence-corrected chi connectivity index (χ3v) is 3.97. The lowest BCUT2D eigenvalue weighted by Gasteiger charge is -2.15. The minimum absolute atomic E-state index is 0.00891. The topological polar surface area (TPSA) is 38.9 Å². The molecule has 0 saturated carbocycles. The summed E-state index contributed by atoms with van der Waals surface area (Å²) in [5, 5.41) is 1.15. The summed E-state index contributed by atoms with van der Waals surface area (Å²) >= 11 is 0. The van der Waals surface area contributed by atoms with Gasteiger partial charge < -0.3 is 5.73 Å². The van der Waals surface area contributed by atoms with E-state index in [1.807, 2.05) is 24.4 Å². The average Bonchev–Trinajstić information content (AvgIpc) is 2.55. The first-order chi connectivity index (χ1) is 10.3. The van der Waals surface area contributed by atoms with Gasteiger partial charge in [0, 0.05) is 17.6 Å². The molecule has 0 fully saturated rings. The molecule has 3 rings (SSSR count). The van der Waals surface area contributed by atoms with Gasteiger partial charge in [-0.25, -0.2) is 0 Å². The minimum Gasteiger partial charge on any atom is -0.324 e. The zero-order chi connectivity index (χ0) is 14.7. The fraction of sp³-hybridized carbons (Fsp3) is 0.211. The molecule has 2 aromatic carbocycles. The summed E-state index contributed by atoms with van der Waals surface area (Å²) in [7, 11) is 0. The molecule has 1 heterocycles. The van der Waals surface area contributed by atoms with Crippen LogP contribution in [0.15, 0.2) is 60.8 Å². The van der Waals surface area contributed by atoms with Crippen LogP contribution in [0.4, 0.5) is 0 Å². The fourth-order valence-electron chi connectivity index (χ4n) is 2.73. The first-order valence-corrected chi connectivity index (χ1v) is 7.45. The van der Waals surface area contributed by atoms with Crippen LogP contribution >= 0.6 is 0 Å². The second kappa shape index (κ2) is 6.06. The van der Waals surface area contributed by atoms with Crippen molar-refractivity contribution < 1.29 is 0 Å². The van der Waals surface area contributed by atoms with E-state index in [1.165, 1.54) is 16.7 Å². The molecule has 1 unspecified atom stereocenters. The summed E-state index contributed by atoms with van der Waals surface area (Å²) < 4.78 is 0. The number of aryl methyl sites for hydroxylation is 1. The molecular weight excluding hydrogens is 256 g/mol. The van der Waals surface area contributed by atoms with Gasteiger partial charge in [-0.1, -0.05) is 49.4 Å². The van der Waals surface area contributed by atoms with Crippen molar-refractivity contribution in [2.45, 2.75) is 25.8 Å².